The van der Waals surface area contributed by atoms with E-state index in [-0.39, 0.29) is 18.1 Å². The number of rotatable bonds is 27. The van der Waals surface area contributed by atoms with E-state index < -0.39 is 23.3 Å². The lowest BCUT2D eigenvalue weighted by Crippen LogP contribution is -2.50. The molecular weight excluding hydrogens is 923 g/mol. The lowest BCUT2D eigenvalue weighted by Gasteiger charge is -2.58. The fraction of sp³-hybridized carbons (Fsp3) is 0.817. The van der Waals surface area contributed by atoms with E-state index in [0.29, 0.717) is 42.0 Å². The van der Waals surface area contributed by atoms with Crippen LogP contribution in [0.2, 0.25) is 0 Å². The standard InChI is InChI=1S/C60H101N3O6S2/c1-14-45(43(2)3)21-20-22-46-26-30-51-50-29-25-47-41-49(31-35-60(47,12)52(50)32-36-59(46,51)11)71-70-40-33-53(64)63(39-37-58(9,10)62-55(66)69-56(4,5)6)38-19-17-15-16-18-34-57(7,8)61-54(65)68-42-44-23-27-48(67-13)28-24-44/h23-25,27-28,43,45-46,49-52H,14-22,26,29-42H2,1-13H3,(H,61,65)(H,62,66). The summed E-state index contributed by atoms with van der Waals surface area (Å²) in [5.41, 5.74) is 2.08. The van der Waals surface area contributed by atoms with Gasteiger partial charge in [-0.3, -0.25) is 4.79 Å². The van der Waals surface area contributed by atoms with Gasteiger partial charge in [0, 0.05) is 41.6 Å². The average Bonchev–Trinajstić information content (AvgIpc) is 3.63. The van der Waals surface area contributed by atoms with E-state index in [1.807, 2.05) is 99.2 Å². The normalized spacial score (nSPS) is 25.8. The first-order chi connectivity index (χ1) is 33.5. The SMILES string of the molecule is CCC(CCCC1CCC2C3CC=C4CC(SSCCC(=O)N(CCCCCCCC(C)(C)NC(=O)OCc5ccc(OC)cc5)CCC(C)(C)NC(=O)OC(C)(C)C)CCC4(C)C3CCC12C)C(C)C. The molecule has 5 rings (SSSR count). The molecule has 404 valence electrons. The predicted octanol–water partition coefficient (Wildman–Crippen LogP) is 16.1. The number of alkyl carbamates (subject to hydrolysis) is 2. The third-order valence-corrected chi connectivity index (χ3v) is 20.8. The summed E-state index contributed by atoms with van der Waals surface area (Å²) >= 11 is 0. The van der Waals surface area contributed by atoms with Gasteiger partial charge in [-0.1, -0.05) is 125 Å². The van der Waals surface area contributed by atoms with Crippen LogP contribution in [-0.4, -0.2) is 70.9 Å². The van der Waals surface area contributed by atoms with Gasteiger partial charge in [-0.2, -0.15) is 0 Å². The molecule has 8 unspecified atom stereocenters. The molecule has 71 heavy (non-hydrogen) atoms. The number of fused-ring (bicyclic) bond motifs is 5. The van der Waals surface area contributed by atoms with Gasteiger partial charge in [-0.05, 0) is 190 Å². The molecule has 0 bridgehead atoms. The van der Waals surface area contributed by atoms with E-state index in [4.69, 9.17) is 14.2 Å². The van der Waals surface area contributed by atoms with Crippen molar-refractivity contribution < 1.29 is 28.6 Å². The van der Waals surface area contributed by atoms with Crippen LogP contribution in [-0.2, 0) is 20.9 Å². The third kappa shape index (κ3) is 17.8. The monoisotopic (exact) mass is 1020 g/mol. The number of methoxy groups -OCH3 is 1. The zero-order valence-corrected chi connectivity index (χ0v) is 48.7. The van der Waals surface area contributed by atoms with Gasteiger partial charge >= 0.3 is 12.2 Å². The molecule has 3 amide bonds. The first-order valence-electron chi connectivity index (χ1n) is 28.3. The van der Waals surface area contributed by atoms with Crippen molar-refractivity contribution in [3.63, 3.8) is 0 Å². The maximum atomic E-state index is 14.0. The number of nitrogens with zero attached hydrogens (tertiary/aromatic N) is 1. The molecule has 0 heterocycles. The van der Waals surface area contributed by atoms with Crippen molar-refractivity contribution in [3.8, 4) is 5.75 Å². The van der Waals surface area contributed by atoms with Crippen LogP contribution < -0.4 is 15.4 Å². The fourth-order valence-electron chi connectivity index (χ4n) is 13.4. The van der Waals surface area contributed by atoms with Crippen LogP contribution in [0.3, 0.4) is 0 Å². The van der Waals surface area contributed by atoms with Crippen molar-refractivity contribution in [3.05, 3.63) is 41.5 Å². The second kappa shape index (κ2) is 26.8. The van der Waals surface area contributed by atoms with Crippen LogP contribution in [0.4, 0.5) is 9.59 Å². The lowest BCUT2D eigenvalue weighted by atomic mass is 9.47. The zero-order chi connectivity index (χ0) is 52.0. The van der Waals surface area contributed by atoms with Gasteiger partial charge in [-0.15, -0.1) is 0 Å². The highest BCUT2D eigenvalue weighted by atomic mass is 33.1. The molecule has 0 saturated heterocycles. The Morgan fingerprint density at radius 1 is 0.817 bits per heavy atom. The van der Waals surface area contributed by atoms with Gasteiger partial charge in [0.25, 0.3) is 0 Å². The minimum Gasteiger partial charge on any atom is -0.497 e. The highest BCUT2D eigenvalue weighted by Crippen LogP contribution is 2.67. The van der Waals surface area contributed by atoms with E-state index >= 15 is 0 Å². The van der Waals surface area contributed by atoms with E-state index in [1.54, 1.807) is 12.7 Å². The van der Waals surface area contributed by atoms with E-state index in [1.165, 1.54) is 77.0 Å². The molecule has 3 fully saturated rings. The second-order valence-corrected chi connectivity index (χ2v) is 28.3. The predicted molar refractivity (Wildman–Crippen MR) is 299 cm³/mol. The number of unbranched alkanes of at least 4 members (excludes halogenated alkanes) is 4. The number of ether oxygens (including phenoxy) is 3. The summed E-state index contributed by atoms with van der Waals surface area (Å²) in [5, 5.41) is 6.70. The van der Waals surface area contributed by atoms with Crippen molar-refractivity contribution in [1.29, 1.82) is 0 Å². The molecule has 3 saturated carbocycles. The van der Waals surface area contributed by atoms with Gasteiger partial charge in [0.2, 0.25) is 5.91 Å². The van der Waals surface area contributed by atoms with E-state index in [0.717, 1.165) is 91.1 Å². The summed E-state index contributed by atoms with van der Waals surface area (Å²) in [6, 6.07) is 7.51. The van der Waals surface area contributed by atoms with Gasteiger partial charge in [-0.25, -0.2) is 9.59 Å². The molecule has 8 atom stereocenters. The summed E-state index contributed by atoms with van der Waals surface area (Å²) in [5.74, 6) is 7.03. The number of hydrogen-bond donors (Lipinski definition) is 2. The smallest absolute Gasteiger partial charge is 0.408 e. The Labute approximate surface area is 441 Å². The Kier molecular flexibility index (Phi) is 22.4. The quantitative estimate of drug-likeness (QED) is 0.0510. The van der Waals surface area contributed by atoms with Crippen molar-refractivity contribution in [1.82, 2.24) is 15.5 Å². The number of nitrogens with one attached hydrogen (secondary N) is 2. The summed E-state index contributed by atoms with van der Waals surface area (Å²) in [6.45, 7) is 27.8. The molecule has 9 nitrogen and oxygen atoms in total. The molecule has 0 spiro atoms. The molecule has 4 aliphatic rings. The number of allylic oxidation sites excluding steroid dienone is 2. The maximum absolute atomic E-state index is 14.0. The van der Waals surface area contributed by atoms with Crippen molar-refractivity contribution in [2.45, 2.75) is 240 Å². The topological polar surface area (TPSA) is 106 Å². The first-order valence-corrected chi connectivity index (χ1v) is 30.7. The van der Waals surface area contributed by atoms with Gasteiger partial charge < -0.3 is 29.7 Å². The first kappa shape index (κ1) is 59.3. The molecule has 4 aliphatic carbocycles. The molecule has 0 aromatic heterocycles. The molecule has 0 aliphatic heterocycles. The molecule has 11 heteroatoms. The van der Waals surface area contributed by atoms with Gasteiger partial charge in [0.05, 0.1) is 7.11 Å². The number of hydrogen-bond acceptors (Lipinski definition) is 8. The Bertz CT molecular complexity index is 1860. The Hall–Kier alpha value is -2.53. The lowest BCUT2D eigenvalue weighted by molar-refractivity contribution is -0.131. The minimum absolute atomic E-state index is 0.203. The van der Waals surface area contributed by atoms with E-state index in [9.17, 15) is 14.4 Å². The fourth-order valence-corrected chi connectivity index (χ4v) is 16.0. The maximum Gasteiger partial charge on any atom is 0.408 e. The average molecular weight is 1020 g/mol. The highest BCUT2D eigenvalue weighted by Gasteiger charge is 2.58. The molecule has 2 N–H and O–H groups in total. The van der Waals surface area contributed by atoms with Crippen LogP contribution in [0.1, 0.15) is 217 Å². The minimum atomic E-state index is -0.579. The van der Waals surface area contributed by atoms with Gasteiger partial charge in [0.15, 0.2) is 0 Å². The zero-order valence-electron chi connectivity index (χ0n) is 47.1. The molecule has 1 aromatic rings. The summed E-state index contributed by atoms with van der Waals surface area (Å²) in [7, 11) is 5.57. The summed E-state index contributed by atoms with van der Waals surface area (Å²) < 4.78 is 16.3. The third-order valence-electron chi connectivity index (χ3n) is 17.9. The second-order valence-electron chi connectivity index (χ2n) is 25.5. The van der Waals surface area contributed by atoms with Crippen LogP contribution in [0, 0.1) is 46.3 Å². The number of carbonyl (C=O) groups excluding carboxylic acids is 3. The molecular formula is C60H101N3O6S2. The highest BCUT2D eigenvalue weighted by molar-refractivity contribution is 8.76. The van der Waals surface area contributed by atoms with Gasteiger partial charge in [0.1, 0.15) is 18.0 Å². The number of benzene rings is 1. The van der Waals surface area contributed by atoms with E-state index in [2.05, 4.69) is 51.3 Å². The van der Waals surface area contributed by atoms with Crippen LogP contribution in [0.15, 0.2) is 35.9 Å². The van der Waals surface area contributed by atoms with Crippen molar-refractivity contribution in [2.24, 2.45) is 46.3 Å². The van der Waals surface area contributed by atoms with Crippen molar-refractivity contribution >= 4 is 39.7 Å². The van der Waals surface area contributed by atoms with Crippen LogP contribution in [0.25, 0.3) is 0 Å². The van der Waals surface area contributed by atoms with Crippen LogP contribution >= 0.6 is 21.6 Å². The number of carbonyl (C=O) groups is 3. The Balaban J connectivity index is 1.05. The van der Waals surface area contributed by atoms with Crippen LogP contribution in [0.5, 0.6) is 5.75 Å². The van der Waals surface area contributed by atoms with Crippen molar-refractivity contribution in [2.75, 3.05) is 26.0 Å². The summed E-state index contributed by atoms with van der Waals surface area (Å²) in [4.78, 5) is 41.3. The largest absolute Gasteiger partial charge is 0.497 e. The number of amides is 3. The Morgan fingerprint density at radius 2 is 1.51 bits per heavy atom. The molecule has 1 aromatic carbocycles. The Morgan fingerprint density at radius 3 is 2.20 bits per heavy atom. The molecule has 0 radical (unpaired) electrons. The summed E-state index contributed by atoms with van der Waals surface area (Å²) in [6.07, 6.45) is 25.5.